The lowest BCUT2D eigenvalue weighted by atomic mass is 9.71. The fraction of sp³-hybridized carbons (Fsp3) is 0.905. The van der Waals surface area contributed by atoms with Crippen LogP contribution in [0.4, 0.5) is 0 Å². The third kappa shape index (κ3) is 25.3. The smallest absolute Gasteiger partial charge is 0.238 e. The second-order valence-corrected chi connectivity index (χ2v) is 14.8. The summed E-state index contributed by atoms with van der Waals surface area (Å²) in [6.45, 7) is 4.52. The van der Waals surface area contributed by atoms with Gasteiger partial charge in [-0.3, -0.25) is 19.2 Å². The molecule has 0 saturated carbocycles. The standard InChI is InChI=1S/C42H80N2O4/c1-3-5-7-9-11-13-15-17-19-21-23-25-27-29-31-34-38(45)42(41(44)48,37-33-36-40(43)47)39(46)35-32-30-28-26-24-22-20-18-16-14-12-10-8-6-4-2/h3-37H2,1-2H3,(H2,43,47)(H2,44,48). The fourth-order valence-corrected chi connectivity index (χ4v) is 7.10. The molecule has 0 aromatic carbocycles. The van der Waals surface area contributed by atoms with Crippen LogP contribution in [-0.2, 0) is 19.2 Å². The Hall–Kier alpha value is -1.72. The Balaban J connectivity index is 4.34. The highest BCUT2D eigenvalue weighted by Gasteiger charge is 2.49. The third-order valence-electron chi connectivity index (χ3n) is 10.4. The fourth-order valence-electron chi connectivity index (χ4n) is 7.10. The summed E-state index contributed by atoms with van der Waals surface area (Å²) in [5.74, 6) is -2.08. The molecule has 6 nitrogen and oxygen atoms in total. The van der Waals surface area contributed by atoms with Gasteiger partial charge in [-0.25, -0.2) is 0 Å². The van der Waals surface area contributed by atoms with Gasteiger partial charge in [0.1, 0.15) is 0 Å². The number of unbranched alkanes of at least 4 members (excludes halogenated alkanes) is 28. The summed E-state index contributed by atoms with van der Waals surface area (Å²) < 4.78 is 0. The second-order valence-electron chi connectivity index (χ2n) is 14.8. The molecule has 0 aromatic rings. The van der Waals surface area contributed by atoms with Crippen LogP contribution >= 0.6 is 0 Å². The maximum Gasteiger partial charge on any atom is 0.238 e. The van der Waals surface area contributed by atoms with Crippen LogP contribution in [0.3, 0.4) is 0 Å². The van der Waals surface area contributed by atoms with Crippen LogP contribution in [0.5, 0.6) is 0 Å². The molecule has 282 valence electrons. The van der Waals surface area contributed by atoms with Gasteiger partial charge < -0.3 is 11.5 Å². The van der Waals surface area contributed by atoms with Crippen molar-refractivity contribution in [2.75, 3.05) is 0 Å². The monoisotopic (exact) mass is 677 g/mol. The minimum Gasteiger partial charge on any atom is -0.370 e. The lowest BCUT2D eigenvalue weighted by Gasteiger charge is -2.28. The van der Waals surface area contributed by atoms with Crippen molar-refractivity contribution in [3.63, 3.8) is 0 Å². The highest BCUT2D eigenvalue weighted by atomic mass is 16.2. The Morgan fingerprint density at radius 2 is 0.604 bits per heavy atom. The van der Waals surface area contributed by atoms with Gasteiger partial charge in [0.25, 0.3) is 0 Å². The summed E-state index contributed by atoms with van der Waals surface area (Å²) in [4.78, 5) is 51.1. The summed E-state index contributed by atoms with van der Waals surface area (Å²) >= 11 is 0. The molecule has 0 aliphatic carbocycles. The van der Waals surface area contributed by atoms with E-state index >= 15 is 0 Å². The van der Waals surface area contributed by atoms with Crippen LogP contribution in [0.1, 0.15) is 239 Å². The summed E-state index contributed by atoms with van der Waals surface area (Å²) in [7, 11) is 0. The first kappa shape index (κ1) is 46.3. The minimum absolute atomic E-state index is 0.0135. The summed E-state index contributed by atoms with van der Waals surface area (Å²) in [6, 6.07) is 0. The van der Waals surface area contributed by atoms with E-state index in [0.717, 1.165) is 38.5 Å². The minimum atomic E-state index is -1.82. The maximum absolute atomic E-state index is 13.5. The molecular weight excluding hydrogens is 596 g/mol. The molecule has 0 radical (unpaired) electrons. The number of hydrogen-bond donors (Lipinski definition) is 2. The van der Waals surface area contributed by atoms with E-state index < -0.39 is 17.2 Å². The quantitative estimate of drug-likeness (QED) is 0.0497. The van der Waals surface area contributed by atoms with Crippen molar-refractivity contribution >= 4 is 23.4 Å². The zero-order valence-electron chi connectivity index (χ0n) is 32.0. The van der Waals surface area contributed by atoms with Gasteiger partial charge in [-0.2, -0.15) is 0 Å². The van der Waals surface area contributed by atoms with E-state index in [4.69, 9.17) is 11.5 Å². The van der Waals surface area contributed by atoms with Crippen molar-refractivity contribution in [3.05, 3.63) is 0 Å². The topological polar surface area (TPSA) is 120 Å². The summed E-state index contributed by atoms with van der Waals surface area (Å²) in [6.07, 6.45) is 37.6. The molecular formula is C42H80N2O4. The molecule has 0 aromatic heterocycles. The van der Waals surface area contributed by atoms with E-state index in [9.17, 15) is 19.2 Å². The number of nitrogens with two attached hydrogens (primary N) is 2. The van der Waals surface area contributed by atoms with Crippen LogP contribution in [0.2, 0.25) is 0 Å². The number of Topliss-reactive ketones (excluding diaryl/α,β-unsaturated/α-hetero) is 2. The van der Waals surface area contributed by atoms with E-state index in [0.29, 0.717) is 12.8 Å². The first-order valence-corrected chi connectivity index (χ1v) is 21.0. The lowest BCUT2D eigenvalue weighted by Crippen LogP contribution is -2.50. The molecule has 0 unspecified atom stereocenters. The van der Waals surface area contributed by atoms with Crippen LogP contribution in [0, 0.1) is 5.41 Å². The highest BCUT2D eigenvalue weighted by Crippen LogP contribution is 2.32. The normalized spacial score (nSPS) is 11.6. The predicted octanol–water partition coefficient (Wildman–Crippen LogP) is 11.8. The second kappa shape index (κ2) is 33.8. The summed E-state index contributed by atoms with van der Waals surface area (Å²) in [5, 5.41) is 0. The van der Waals surface area contributed by atoms with Crippen molar-refractivity contribution in [1.29, 1.82) is 0 Å². The molecule has 0 aliphatic heterocycles. The number of carbonyl (C=O) groups is 4. The average Bonchev–Trinajstić information content (AvgIpc) is 3.06. The van der Waals surface area contributed by atoms with Gasteiger partial charge in [0.05, 0.1) is 0 Å². The van der Waals surface area contributed by atoms with Crippen molar-refractivity contribution in [2.24, 2.45) is 16.9 Å². The number of primary amides is 2. The van der Waals surface area contributed by atoms with Crippen molar-refractivity contribution in [2.45, 2.75) is 239 Å². The zero-order valence-corrected chi connectivity index (χ0v) is 32.0. The van der Waals surface area contributed by atoms with Gasteiger partial charge >= 0.3 is 0 Å². The lowest BCUT2D eigenvalue weighted by molar-refractivity contribution is -0.150. The third-order valence-corrected chi connectivity index (χ3v) is 10.4. The van der Waals surface area contributed by atoms with Crippen LogP contribution < -0.4 is 11.5 Å². The number of ketones is 2. The molecule has 0 atom stereocenters. The van der Waals surface area contributed by atoms with E-state index in [1.54, 1.807) is 0 Å². The number of amides is 2. The van der Waals surface area contributed by atoms with Gasteiger partial charge in [-0.05, 0) is 25.7 Å². The van der Waals surface area contributed by atoms with Gasteiger partial charge in [0, 0.05) is 19.3 Å². The Labute approximate surface area is 297 Å². The van der Waals surface area contributed by atoms with Gasteiger partial charge in [-0.15, -0.1) is 0 Å². The van der Waals surface area contributed by atoms with Gasteiger partial charge in [0.15, 0.2) is 17.0 Å². The van der Waals surface area contributed by atoms with E-state index in [1.807, 2.05) is 0 Å². The van der Waals surface area contributed by atoms with E-state index in [1.165, 1.54) is 141 Å². The Bertz CT molecular complexity index is 751. The number of rotatable bonds is 39. The van der Waals surface area contributed by atoms with Crippen molar-refractivity contribution in [1.82, 2.24) is 0 Å². The average molecular weight is 677 g/mol. The number of hydrogen-bond acceptors (Lipinski definition) is 4. The largest absolute Gasteiger partial charge is 0.370 e. The molecule has 0 heterocycles. The Morgan fingerprint density at radius 1 is 0.354 bits per heavy atom. The molecule has 0 rings (SSSR count). The Kier molecular flexibility index (Phi) is 32.6. The van der Waals surface area contributed by atoms with Crippen molar-refractivity contribution in [3.8, 4) is 0 Å². The molecule has 0 bridgehead atoms. The highest BCUT2D eigenvalue weighted by molar-refractivity contribution is 6.23. The SMILES string of the molecule is CCCCCCCCCCCCCCCCCC(=O)C(CCCC(N)=O)(C(N)=O)C(=O)CCCCCCCCCCCCCCCCC. The van der Waals surface area contributed by atoms with E-state index in [2.05, 4.69) is 13.8 Å². The van der Waals surface area contributed by atoms with Crippen LogP contribution in [-0.4, -0.2) is 23.4 Å². The molecule has 48 heavy (non-hydrogen) atoms. The molecule has 4 N–H and O–H groups in total. The van der Waals surface area contributed by atoms with Crippen LogP contribution in [0.25, 0.3) is 0 Å². The molecule has 0 saturated heterocycles. The van der Waals surface area contributed by atoms with Crippen molar-refractivity contribution < 1.29 is 19.2 Å². The summed E-state index contributed by atoms with van der Waals surface area (Å²) in [5.41, 5.74) is 9.31. The Morgan fingerprint density at radius 3 is 0.833 bits per heavy atom. The molecule has 0 spiro atoms. The van der Waals surface area contributed by atoms with Gasteiger partial charge in [-0.1, -0.05) is 194 Å². The first-order chi connectivity index (χ1) is 23.3. The number of carbonyl (C=O) groups excluding carboxylic acids is 4. The first-order valence-electron chi connectivity index (χ1n) is 21.0. The molecule has 0 fully saturated rings. The van der Waals surface area contributed by atoms with Gasteiger partial charge in [0.2, 0.25) is 11.8 Å². The zero-order chi connectivity index (χ0) is 35.6. The van der Waals surface area contributed by atoms with E-state index in [-0.39, 0.29) is 43.7 Å². The maximum atomic E-state index is 13.5. The molecule has 6 heteroatoms. The molecule has 2 amide bonds. The van der Waals surface area contributed by atoms with Crippen LogP contribution in [0.15, 0.2) is 0 Å². The predicted molar refractivity (Wildman–Crippen MR) is 204 cm³/mol. The molecule has 0 aliphatic rings.